The smallest absolute Gasteiger partial charge is 0.406 e. The van der Waals surface area contributed by atoms with E-state index in [9.17, 15) is 44.3 Å². The van der Waals surface area contributed by atoms with E-state index in [2.05, 4.69) is 10.1 Å². The highest BCUT2D eigenvalue weighted by molar-refractivity contribution is 7.89. The Bertz CT molecular complexity index is 1120. The molecule has 180 valence electrons. The van der Waals surface area contributed by atoms with Crippen molar-refractivity contribution in [2.24, 2.45) is 0 Å². The Kier molecular flexibility index (Phi) is 8.27. The average Bonchev–Trinajstić information content (AvgIpc) is 2.72. The summed E-state index contributed by atoms with van der Waals surface area (Å²) in [6.45, 7) is -1.10. The van der Waals surface area contributed by atoms with Crippen LogP contribution in [0.1, 0.15) is 6.42 Å². The number of ether oxygens (including phenoxy) is 1. The van der Waals surface area contributed by atoms with Crippen LogP contribution >= 0.6 is 0 Å². The molecule has 2 aromatic rings. The molecule has 0 radical (unpaired) electrons. The van der Waals surface area contributed by atoms with Gasteiger partial charge in [-0.3, -0.25) is 9.59 Å². The predicted octanol–water partition coefficient (Wildman–Crippen LogP) is 2.43. The molecule has 15 heteroatoms. The van der Waals surface area contributed by atoms with Gasteiger partial charge in [0, 0.05) is 13.0 Å². The van der Waals surface area contributed by atoms with Gasteiger partial charge < -0.3 is 15.4 Å². The molecule has 2 rings (SSSR count). The molecule has 0 aliphatic rings. The number of rotatable bonds is 9. The molecule has 33 heavy (non-hydrogen) atoms. The Hall–Kier alpha value is -3.33. The van der Waals surface area contributed by atoms with Crippen molar-refractivity contribution in [3.05, 3.63) is 53.8 Å². The van der Waals surface area contributed by atoms with Crippen LogP contribution < -0.4 is 20.1 Å². The largest absolute Gasteiger partial charge is 0.573 e. The van der Waals surface area contributed by atoms with Crippen LogP contribution in [0.2, 0.25) is 0 Å². The van der Waals surface area contributed by atoms with Crippen LogP contribution in [0.3, 0.4) is 0 Å². The molecule has 0 bridgehead atoms. The number of hydrogen-bond donors (Lipinski definition) is 3. The summed E-state index contributed by atoms with van der Waals surface area (Å²) in [5, 5.41) is 4.03. The van der Waals surface area contributed by atoms with Crippen molar-refractivity contribution in [2.75, 3.05) is 18.4 Å². The van der Waals surface area contributed by atoms with E-state index in [0.717, 1.165) is 30.3 Å². The van der Waals surface area contributed by atoms with E-state index in [1.165, 1.54) is 0 Å². The molecule has 0 aromatic heterocycles. The molecule has 8 nitrogen and oxygen atoms in total. The van der Waals surface area contributed by atoms with Crippen LogP contribution in [0.15, 0.2) is 41.3 Å². The molecule has 0 atom stereocenters. The van der Waals surface area contributed by atoms with Gasteiger partial charge in [-0.15, -0.1) is 13.2 Å². The van der Waals surface area contributed by atoms with E-state index in [1.54, 1.807) is 0 Å². The molecule has 0 aliphatic carbocycles. The van der Waals surface area contributed by atoms with E-state index >= 15 is 0 Å². The topological polar surface area (TPSA) is 114 Å². The fraction of sp³-hybridized carbons (Fsp3) is 0.222. The molecule has 3 N–H and O–H groups in total. The van der Waals surface area contributed by atoms with Gasteiger partial charge >= 0.3 is 6.36 Å². The van der Waals surface area contributed by atoms with Gasteiger partial charge in [0.15, 0.2) is 17.5 Å². The van der Waals surface area contributed by atoms with Crippen molar-refractivity contribution in [2.45, 2.75) is 17.7 Å². The fourth-order valence-corrected chi connectivity index (χ4v) is 3.32. The average molecular weight is 499 g/mol. The van der Waals surface area contributed by atoms with Gasteiger partial charge in [0.05, 0.1) is 17.1 Å². The second kappa shape index (κ2) is 10.5. The van der Waals surface area contributed by atoms with E-state index in [0.29, 0.717) is 6.07 Å². The van der Waals surface area contributed by atoms with Gasteiger partial charge in [-0.1, -0.05) is 0 Å². The molecule has 0 spiro atoms. The molecule has 0 fully saturated rings. The minimum absolute atomic E-state index is 0.384. The molecule has 0 saturated heterocycles. The van der Waals surface area contributed by atoms with Crippen LogP contribution in [-0.2, 0) is 19.6 Å². The van der Waals surface area contributed by atoms with Gasteiger partial charge in [0.1, 0.15) is 5.75 Å². The summed E-state index contributed by atoms with van der Waals surface area (Å²) in [5.74, 6) is -7.23. The number of benzene rings is 2. The number of anilines is 1. The minimum atomic E-state index is -4.94. The van der Waals surface area contributed by atoms with Gasteiger partial charge in [0.25, 0.3) is 0 Å². The van der Waals surface area contributed by atoms with Crippen molar-refractivity contribution < 1.29 is 49.1 Å². The van der Waals surface area contributed by atoms with Crippen LogP contribution in [-0.4, -0.2) is 39.7 Å². The number of carbonyl (C=O) groups excluding carboxylic acids is 2. The van der Waals surface area contributed by atoms with E-state index in [4.69, 9.17) is 0 Å². The van der Waals surface area contributed by atoms with Gasteiger partial charge in [-0.05, 0) is 36.4 Å². The van der Waals surface area contributed by atoms with Gasteiger partial charge in [0.2, 0.25) is 21.8 Å². The van der Waals surface area contributed by atoms with Crippen LogP contribution in [0.5, 0.6) is 5.75 Å². The highest BCUT2D eigenvalue weighted by Gasteiger charge is 2.31. The third-order valence-corrected chi connectivity index (χ3v) is 5.24. The molecular formula is C18H15F6N3O5S. The Morgan fingerprint density at radius 1 is 0.909 bits per heavy atom. The van der Waals surface area contributed by atoms with E-state index < -0.39 is 76.6 Å². The summed E-state index contributed by atoms with van der Waals surface area (Å²) < 4.78 is 106. The zero-order chi connectivity index (χ0) is 24.8. The summed E-state index contributed by atoms with van der Waals surface area (Å²) >= 11 is 0. The third-order valence-electron chi connectivity index (χ3n) is 3.77. The minimum Gasteiger partial charge on any atom is -0.406 e. The highest BCUT2D eigenvalue weighted by Crippen LogP contribution is 2.24. The van der Waals surface area contributed by atoms with Crippen molar-refractivity contribution in [3.8, 4) is 5.75 Å². The number of sulfonamides is 1. The zero-order valence-corrected chi connectivity index (χ0v) is 17.1. The Morgan fingerprint density at radius 3 is 2.15 bits per heavy atom. The van der Waals surface area contributed by atoms with Gasteiger partial charge in [-0.2, -0.15) is 0 Å². The lowest BCUT2D eigenvalue weighted by atomic mass is 10.2. The van der Waals surface area contributed by atoms with Crippen LogP contribution in [0.4, 0.5) is 32.0 Å². The van der Waals surface area contributed by atoms with E-state index in [1.807, 2.05) is 10.0 Å². The number of amides is 2. The van der Waals surface area contributed by atoms with Crippen molar-refractivity contribution >= 4 is 27.5 Å². The summed E-state index contributed by atoms with van der Waals surface area (Å²) in [4.78, 5) is 23.0. The zero-order valence-electron chi connectivity index (χ0n) is 16.3. The second-order valence-electron chi connectivity index (χ2n) is 6.21. The first-order valence-electron chi connectivity index (χ1n) is 8.84. The maximum atomic E-state index is 13.5. The van der Waals surface area contributed by atoms with E-state index in [-0.39, 0.29) is 4.90 Å². The number of alkyl halides is 3. The van der Waals surface area contributed by atoms with Crippen LogP contribution in [0.25, 0.3) is 0 Å². The molecule has 0 saturated carbocycles. The summed E-state index contributed by atoms with van der Waals surface area (Å²) in [6, 6.07) is 4.70. The quantitative estimate of drug-likeness (QED) is 0.362. The summed E-state index contributed by atoms with van der Waals surface area (Å²) in [7, 11) is -4.15. The summed E-state index contributed by atoms with van der Waals surface area (Å²) in [5.41, 5.74) is -0.646. The van der Waals surface area contributed by atoms with Gasteiger partial charge in [-0.25, -0.2) is 26.3 Å². The number of carbonyl (C=O) groups is 2. The molecule has 0 aliphatic heterocycles. The maximum Gasteiger partial charge on any atom is 0.573 e. The monoisotopic (exact) mass is 499 g/mol. The molecular weight excluding hydrogens is 484 g/mol. The first kappa shape index (κ1) is 25.9. The van der Waals surface area contributed by atoms with Crippen molar-refractivity contribution in [1.29, 1.82) is 0 Å². The first-order valence-corrected chi connectivity index (χ1v) is 10.3. The third kappa shape index (κ3) is 7.94. The summed E-state index contributed by atoms with van der Waals surface area (Å²) in [6.07, 6.45) is -5.37. The lowest BCUT2D eigenvalue weighted by molar-refractivity contribution is -0.274. The maximum absolute atomic E-state index is 13.5. The Morgan fingerprint density at radius 2 is 1.55 bits per heavy atom. The molecule has 2 amide bonds. The lowest BCUT2D eigenvalue weighted by Crippen LogP contribution is -2.35. The van der Waals surface area contributed by atoms with Crippen molar-refractivity contribution in [1.82, 2.24) is 10.0 Å². The standard InChI is InChI=1S/C18H15F6N3O5S/c19-12-5-6-13(17(21)16(12)20)27-15(29)9-25-14(28)7-8-26-33(30,31)11-3-1-10(2-4-11)32-18(22,23)24/h1-6,26H,7-9H2,(H,25,28)(H,27,29). The number of hydrogen-bond acceptors (Lipinski definition) is 5. The van der Waals surface area contributed by atoms with Crippen LogP contribution in [0, 0.1) is 17.5 Å². The number of nitrogens with one attached hydrogen (secondary N) is 3. The fourth-order valence-electron chi connectivity index (χ4n) is 2.29. The van der Waals surface area contributed by atoms with Crippen molar-refractivity contribution in [3.63, 3.8) is 0 Å². The molecule has 0 heterocycles. The second-order valence-corrected chi connectivity index (χ2v) is 7.98. The highest BCUT2D eigenvalue weighted by atomic mass is 32.2. The normalized spacial score (nSPS) is 11.7. The Balaban J connectivity index is 1.79. The molecule has 0 unspecified atom stereocenters. The SMILES string of the molecule is O=C(CCNS(=O)(=O)c1ccc(OC(F)(F)F)cc1)NCC(=O)Nc1ccc(F)c(F)c1F. The molecule has 2 aromatic carbocycles. The lowest BCUT2D eigenvalue weighted by Gasteiger charge is -2.10. The first-order chi connectivity index (χ1) is 15.3. The Labute approximate surface area is 183 Å². The predicted molar refractivity (Wildman–Crippen MR) is 101 cm³/mol. The number of halogens is 6.